The van der Waals surface area contributed by atoms with Crippen LogP contribution in [0.1, 0.15) is 49.0 Å². The Bertz CT molecular complexity index is 1310. The smallest absolute Gasteiger partial charge is 0.257 e. The number of anilines is 1. The standard InChI is InChI=1S/C27H27N3O3S/c1-4-17(3)19-11-14-24-23(16-19)29-26(33-24)20-7-6-8-21(15-20)28-27(34)30-25(31)18-9-12-22(13-10-18)32-5-2/h6-17H,4-5H2,1-3H3,(H2,28,30,31,34)/t17-/m1/s1. The zero-order chi connectivity index (χ0) is 24.1. The molecule has 0 spiro atoms. The van der Waals surface area contributed by atoms with E-state index in [0.29, 0.717) is 29.7 Å². The van der Waals surface area contributed by atoms with Gasteiger partial charge in [-0.2, -0.15) is 0 Å². The minimum Gasteiger partial charge on any atom is -0.494 e. The lowest BCUT2D eigenvalue weighted by atomic mass is 9.98. The molecule has 0 aliphatic heterocycles. The van der Waals surface area contributed by atoms with Gasteiger partial charge >= 0.3 is 0 Å². The summed E-state index contributed by atoms with van der Waals surface area (Å²) in [5.41, 5.74) is 4.86. The highest BCUT2D eigenvalue weighted by molar-refractivity contribution is 7.80. The lowest BCUT2D eigenvalue weighted by Gasteiger charge is -2.10. The Labute approximate surface area is 204 Å². The van der Waals surface area contributed by atoms with Gasteiger partial charge in [0.05, 0.1) is 6.61 Å². The number of nitrogens with zero attached hydrogens (tertiary/aromatic N) is 1. The van der Waals surface area contributed by atoms with Gasteiger partial charge in [-0.3, -0.25) is 10.1 Å². The van der Waals surface area contributed by atoms with Crippen molar-refractivity contribution in [1.82, 2.24) is 10.3 Å². The van der Waals surface area contributed by atoms with Gasteiger partial charge in [0, 0.05) is 16.8 Å². The summed E-state index contributed by atoms with van der Waals surface area (Å²) < 4.78 is 11.4. The maximum absolute atomic E-state index is 12.5. The van der Waals surface area contributed by atoms with E-state index in [1.165, 1.54) is 5.56 Å². The Balaban J connectivity index is 1.45. The number of amides is 1. The highest BCUT2D eigenvalue weighted by atomic mass is 32.1. The zero-order valence-corrected chi connectivity index (χ0v) is 20.2. The highest BCUT2D eigenvalue weighted by Gasteiger charge is 2.13. The molecule has 0 radical (unpaired) electrons. The Hall–Kier alpha value is -3.71. The predicted octanol–water partition coefficient (Wildman–Crippen LogP) is 6.53. The van der Waals surface area contributed by atoms with Crippen molar-refractivity contribution >= 4 is 40.0 Å². The first-order valence-corrected chi connectivity index (χ1v) is 11.7. The SMILES string of the molecule is CCOc1ccc(C(=O)NC(=S)Nc2cccc(-c3nc4cc([C@H](C)CC)ccc4o3)c2)cc1. The number of nitrogens with one attached hydrogen (secondary N) is 2. The van der Waals surface area contributed by atoms with Crippen LogP contribution in [0.3, 0.4) is 0 Å². The number of carbonyl (C=O) groups excluding carboxylic acids is 1. The number of rotatable bonds is 7. The van der Waals surface area contributed by atoms with E-state index in [9.17, 15) is 4.79 Å². The van der Waals surface area contributed by atoms with Crippen molar-refractivity contribution in [2.75, 3.05) is 11.9 Å². The normalized spacial score (nSPS) is 11.7. The number of fused-ring (bicyclic) bond motifs is 1. The second-order valence-corrected chi connectivity index (χ2v) is 8.41. The minimum absolute atomic E-state index is 0.201. The molecule has 0 saturated heterocycles. The van der Waals surface area contributed by atoms with E-state index in [1.54, 1.807) is 24.3 Å². The Morgan fingerprint density at radius 2 is 1.88 bits per heavy atom. The number of carbonyl (C=O) groups is 1. The average Bonchev–Trinajstić information content (AvgIpc) is 3.28. The first kappa shape index (κ1) is 23.4. The average molecular weight is 474 g/mol. The second-order valence-electron chi connectivity index (χ2n) is 8.00. The lowest BCUT2D eigenvalue weighted by Crippen LogP contribution is -2.34. The monoisotopic (exact) mass is 473 g/mol. The molecule has 4 aromatic rings. The third kappa shape index (κ3) is 5.43. The van der Waals surface area contributed by atoms with Crippen LogP contribution >= 0.6 is 12.2 Å². The first-order chi connectivity index (χ1) is 16.5. The predicted molar refractivity (Wildman–Crippen MR) is 139 cm³/mol. The van der Waals surface area contributed by atoms with Gasteiger partial charge in [-0.05, 0) is 91.6 Å². The summed E-state index contributed by atoms with van der Waals surface area (Å²) in [4.78, 5) is 17.2. The minimum atomic E-state index is -0.298. The van der Waals surface area contributed by atoms with Crippen LogP contribution in [0.25, 0.3) is 22.6 Å². The third-order valence-corrected chi connectivity index (χ3v) is 5.82. The van der Waals surface area contributed by atoms with Crippen molar-refractivity contribution in [3.05, 3.63) is 77.9 Å². The summed E-state index contributed by atoms with van der Waals surface area (Å²) in [6, 6.07) is 20.6. The van der Waals surface area contributed by atoms with Crippen molar-refractivity contribution in [3.8, 4) is 17.2 Å². The molecule has 6 nitrogen and oxygen atoms in total. The molecule has 0 aliphatic rings. The fourth-order valence-electron chi connectivity index (χ4n) is 3.55. The first-order valence-electron chi connectivity index (χ1n) is 11.3. The summed E-state index contributed by atoms with van der Waals surface area (Å²) >= 11 is 5.34. The molecular weight excluding hydrogens is 446 g/mol. The van der Waals surface area contributed by atoms with Crippen LogP contribution in [0.2, 0.25) is 0 Å². The molecule has 1 atom stereocenters. The number of ether oxygens (including phenoxy) is 1. The Morgan fingerprint density at radius 1 is 1.09 bits per heavy atom. The van der Waals surface area contributed by atoms with E-state index < -0.39 is 0 Å². The number of thiocarbonyl (C=S) groups is 1. The largest absolute Gasteiger partial charge is 0.494 e. The molecule has 1 heterocycles. The van der Waals surface area contributed by atoms with Gasteiger partial charge in [0.2, 0.25) is 5.89 Å². The molecule has 3 aromatic carbocycles. The highest BCUT2D eigenvalue weighted by Crippen LogP contribution is 2.29. The van der Waals surface area contributed by atoms with E-state index in [-0.39, 0.29) is 11.0 Å². The maximum Gasteiger partial charge on any atom is 0.257 e. The van der Waals surface area contributed by atoms with Crippen LogP contribution in [-0.4, -0.2) is 22.6 Å². The fraction of sp³-hybridized carbons (Fsp3) is 0.222. The summed E-state index contributed by atoms with van der Waals surface area (Å²) in [5, 5.41) is 5.96. The Morgan fingerprint density at radius 3 is 2.62 bits per heavy atom. The molecule has 0 fully saturated rings. The van der Waals surface area contributed by atoms with Crippen LogP contribution in [0.15, 0.2) is 71.1 Å². The number of benzene rings is 3. The molecule has 0 unspecified atom stereocenters. The van der Waals surface area contributed by atoms with E-state index in [1.807, 2.05) is 37.3 Å². The second kappa shape index (κ2) is 10.5. The van der Waals surface area contributed by atoms with Gasteiger partial charge in [-0.15, -0.1) is 0 Å². The van der Waals surface area contributed by atoms with Gasteiger partial charge in [-0.1, -0.05) is 26.0 Å². The van der Waals surface area contributed by atoms with E-state index in [0.717, 1.165) is 28.8 Å². The molecule has 34 heavy (non-hydrogen) atoms. The van der Waals surface area contributed by atoms with Gasteiger partial charge < -0.3 is 14.5 Å². The summed E-state index contributed by atoms with van der Waals surface area (Å²) in [7, 11) is 0. The summed E-state index contributed by atoms with van der Waals surface area (Å²) in [6.07, 6.45) is 1.07. The van der Waals surface area contributed by atoms with Gasteiger partial charge in [0.25, 0.3) is 5.91 Å². The zero-order valence-electron chi connectivity index (χ0n) is 19.4. The van der Waals surface area contributed by atoms with Crippen molar-refractivity contribution in [2.45, 2.75) is 33.1 Å². The van der Waals surface area contributed by atoms with Gasteiger partial charge in [0.1, 0.15) is 11.3 Å². The molecule has 0 bridgehead atoms. The molecule has 1 amide bonds. The van der Waals surface area contributed by atoms with Crippen LogP contribution in [-0.2, 0) is 0 Å². The molecule has 0 saturated carbocycles. The number of aromatic nitrogens is 1. The molecule has 7 heteroatoms. The van der Waals surface area contributed by atoms with Crippen LogP contribution in [0.4, 0.5) is 5.69 Å². The molecule has 174 valence electrons. The van der Waals surface area contributed by atoms with Gasteiger partial charge in [0.15, 0.2) is 10.7 Å². The third-order valence-electron chi connectivity index (χ3n) is 5.61. The number of hydrogen-bond acceptors (Lipinski definition) is 5. The van der Waals surface area contributed by atoms with Crippen molar-refractivity contribution in [3.63, 3.8) is 0 Å². The van der Waals surface area contributed by atoms with Crippen LogP contribution in [0, 0.1) is 0 Å². The molecule has 1 aromatic heterocycles. The molecule has 4 rings (SSSR count). The number of hydrogen-bond donors (Lipinski definition) is 2. The molecule has 0 aliphatic carbocycles. The van der Waals surface area contributed by atoms with Gasteiger partial charge in [-0.25, -0.2) is 4.98 Å². The van der Waals surface area contributed by atoms with Crippen molar-refractivity contribution in [2.24, 2.45) is 0 Å². The quantitative estimate of drug-likeness (QED) is 0.297. The maximum atomic E-state index is 12.5. The Kier molecular flexibility index (Phi) is 7.23. The summed E-state index contributed by atoms with van der Waals surface area (Å²) in [5.74, 6) is 1.42. The molecular formula is C27H27N3O3S. The lowest BCUT2D eigenvalue weighted by molar-refractivity contribution is 0.0977. The van der Waals surface area contributed by atoms with Crippen LogP contribution in [0.5, 0.6) is 5.75 Å². The van der Waals surface area contributed by atoms with E-state index >= 15 is 0 Å². The molecule has 2 N–H and O–H groups in total. The topological polar surface area (TPSA) is 76.4 Å². The summed E-state index contributed by atoms with van der Waals surface area (Å²) in [6.45, 7) is 6.86. The fourth-order valence-corrected chi connectivity index (χ4v) is 3.76. The van der Waals surface area contributed by atoms with E-state index in [4.69, 9.17) is 21.4 Å². The van der Waals surface area contributed by atoms with Crippen LogP contribution < -0.4 is 15.4 Å². The number of oxazole rings is 1. The van der Waals surface area contributed by atoms with Crippen molar-refractivity contribution < 1.29 is 13.9 Å². The van der Waals surface area contributed by atoms with E-state index in [2.05, 4.69) is 41.6 Å². The van der Waals surface area contributed by atoms with Crippen molar-refractivity contribution in [1.29, 1.82) is 0 Å².